The van der Waals surface area contributed by atoms with Crippen molar-refractivity contribution >= 4 is 39.3 Å². The van der Waals surface area contributed by atoms with Crippen LogP contribution in [0.4, 0.5) is 41.6 Å². The summed E-state index contributed by atoms with van der Waals surface area (Å²) in [5.74, 6) is 0. The predicted molar refractivity (Wildman–Crippen MR) is 252 cm³/mol. The average Bonchev–Trinajstić information content (AvgIpc) is 3.99. The Morgan fingerprint density at radius 2 is 1.07 bits per heavy atom. The monoisotopic (exact) mass is 914 g/mol. The maximum Gasteiger partial charge on any atom is 0.416 e. The molecule has 0 radical (unpaired) electrons. The van der Waals surface area contributed by atoms with E-state index in [1.54, 1.807) is 50.8 Å². The third-order valence-corrected chi connectivity index (χ3v) is 12.5. The number of halogens is 3. The van der Waals surface area contributed by atoms with Gasteiger partial charge in [-0.15, -0.1) is 0 Å². The SMILES string of the molecule is Cc1cc2c(c(C)c1[N+](=O)[O-])CCN2Cc1cccnc1.Cc1cc2c(c(C)c1[N+](=O)[O-])CCN2Cc1ccncc1.Cc1cc2c(ccn2Cc2ccc(C(F)(F)F)cc2)c(C)c1[N+](=O)[O-]. The lowest BCUT2D eigenvalue weighted by atomic mass is 10.0. The minimum absolute atomic E-state index is 0.0970. The molecule has 0 fully saturated rings. The zero-order valence-electron chi connectivity index (χ0n) is 37.9. The fourth-order valence-corrected chi connectivity index (χ4v) is 9.30. The Bertz CT molecular complexity index is 2870. The number of hydrogen-bond donors (Lipinski definition) is 0. The first-order chi connectivity index (χ1) is 31.8. The Kier molecular flexibility index (Phi) is 13.7. The van der Waals surface area contributed by atoms with E-state index >= 15 is 0 Å². The quantitative estimate of drug-likeness (QED) is 0.100. The van der Waals surface area contributed by atoms with Crippen molar-refractivity contribution in [2.24, 2.45) is 0 Å². The molecule has 14 nitrogen and oxygen atoms in total. The second kappa shape index (κ2) is 19.4. The van der Waals surface area contributed by atoms with Crippen LogP contribution >= 0.6 is 0 Å². The molecule has 0 unspecified atom stereocenters. The zero-order chi connectivity index (χ0) is 48.3. The first kappa shape index (κ1) is 47.3. The van der Waals surface area contributed by atoms with E-state index in [0.717, 1.165) is 118 Å². The third kappa shape index (κ3) is 10.1. The second-order valence-corrected chi connectivity index (χ2v) is 16.9. The largest absolute Gasteiger partial charge is 0.416 e. The van der Waals surface area contributed by atoms with Crippen molar-refractivity contribution < 1.29 is 27.9 Å². The van der Waals surface area contributed by atoms with Crippen molar-refractivity contribution in [1.29, 1.82) is 0 Å². The van der Waals surface area contributed by atoms with Crippen LogP contribution in [0.1, 0.15) is 66.8 Å². The van der Waals surface area contributed by atoms with E-state index in [1.165, 1.54) is 17.7 Å². The van der Waals surface area contributed by atoms with Gasteiger partial charge in [0.25, 0.3) is 17.1 Å². The zero-order valence-corrected chi connectivity index (χ0v) is 37.9. The number of anilines is 2. The van der Waals surface area contributed by atoms with Crippen LogP contribution < -0.4 is 9.80 Å². The van der Waals surface area contributed by atoms with Crippen molar-refractivity contribution in [2.45, 2.75) is 80.2 Å². The molecule has 346 valence electrons. The molecule has 67 heavy (non-hydrogen) atoms. The molecule has 2 aliphatic rings. The molecule has 0 aliphatic carbocycles. The Balaban J connectivity index is 0.000000150. The van der Waals surface area contributed by atoms with Crippen LogP contribution in [0.5, 0.6) is 0 Å². The van der Waals surface area contributed by atoms with E-state index in [0.29, 0.717) is 17.7 Å². The van der Waals surface area contributed by atoms with Crippen LogP contribution in [0.25, 0.3) is 10.9 Å². The van der Waals surface area contributed by atoms with Gasteiger partial charge in [0.15, 0.2) is 0 Å². The van der Waals surface area contributed by atoms with Crippen molar-refractivity contribution in [1.82, 2.24) is 14.5 Å². The van der Waals surface area contributed by atoms with Gasteiger partial charge in [0, 0.05) is 119 Å². The fraction of sp³-hybridized carbons (Fsp3) is 0.280. The van der Waals surface area contributed by atoms with Gasteiger partial charge in [-0.2, -0.15) is 13.2 Å². The molecule has 0 spiro atoms. The molecule has 0 saturated carbocycles. The van der Waals surface area contributed by atoms with Gasteiger partial charge >= 0.3 is 6.18 Å². The van der Waals surface area contributed by atoms with Crippen LogP contribution in [-0.2, 0) is 38.7 Å². The summed E-state index contributed by atoms with van der Waals surface area (Å²) >= 11 is 0. The summed E-state index contributed by atoms with van der Waals surface area (Å²) < 4.78 is 39.8. The van der Waals surface area contributed by atoms with Crippen molar-refractivity contribution in [2.75, 3.05) is 22.9 Å². The van der Waals surface area contributed by atoms with E-state index in [1.807, 2.05) is 68.8 Å². The number of pyridine rings is 2. The van der Waals surface area contributed by atoms with E-state index in [4.69, 9.17) is 0 Å². The van der Waals surface area contributed by atoms with Gasteiger partial charge in [-0.1, -0.05) is 18.2 Å². The number of fused-ring (bicyclic) bond motifs is 3. The second-order valence-electron chi connectivity index (χ2n) is 16.9. The van der Waals surface area contributed by atoms with Crippen molar-refractivity contribution in [3.8, 4) is 0 Å². The number of nitro benzene ring substituents is 3. The summed E-state index contributed by atoms with van der Waals surface area (Å²) in [5, 5.41) is 34.4. The third-order valence-electron chi connectivity index (χ3n) is 12.5. The minimum atomic E-state index is -4.36. The predicted octanol–water partition coefficient (Wildman–Crippen LogP) is 11.6. The van der Waals surface area contributed by atoms with Gasteiger partial charge < -0.3 is 14.4 Å². The molecule has 2 aliphatic heterocycles. The molecule has 0 amide bonds. The number of rotatable bonds is 9. The molecule has 4 aromatic carbocycles. The Morgan fingerprint density at radius 1 is 0.582 bits per heavy atom. The molecule has 17 heteroatoms. The highest BCUT2D eigenvalue weighted by Crippen LogP contribution is 2.40. The summed E-state index contributed by atoms with van der Waals surface area (Å²) in [6.45, 7) is 14.5. The van der Waals surface area contributed by atoms with E-state index in [2.05, 4.69) is 25.8 Å². The van der Waals surface area contributed by atoms with Crippen molar-refractivity contribution in [3.63, 3.8) is 0 Å². The Labute approximate surface area is 384 Å². The smallest absolute Gasteiger partial charge is 0.367 e. The van der Waals surface area contributed by atoms with Gasteiger partial charge in [-0.25, -0.2) is 0 Å². The molecule has 0 atom stereocenters. The number of alkyl halides is 3. The number of aryl methyl sites for hydroxylation is 4. The van der Waals surface area contributed by atoms with Crippen LogP contribution in [0.3, 0.4) is 0 Å². The van der Waals surface area contributed by atoms with E-state index in [-0.39, 0.29) is 26.9 Å². The molecule has 0 bridgehead atoms. The maximum absolute atomic E-state index is 12.6. The van der Waals surface area contributed by atoms with Crippen LogP contribution in [-0.4, -0.2) is 42.4 Å². The minimum Gasteiger partial charge on any atom is -0.367 e. The molecule has 5 heterocycles. The lowest BCUT2D eigenvalue weighted by Gasteiger charge is -2.20. The van der Waals surface area contributed by atoms with Crippen molar-refractivity contribution in [3.05, 3.63) is 201 Å². The normalized spacial score (nSPS) is 12.8. The lowest BCUT2D eigenvalue weighted by molar-refractivity contribution is -0.386. The summed E-state index contributed by atoms with van der Waals surface area (Å²) in [4.78, 5) is 45.4. The number of aromatic nitrogens is 3. The molecular formula is C50H49F3N8O6. The highest BCUT2D eigenvalue weighted by Gasteiger charge is 2.31. The summed E-state index contributed by atoms with van der Waals surface area (Å²) in [6.07, 6.45) is 6.37. The fourth-order valence-electron chi connectivity index (χ4n) is 9.30. The Morgan fingerprint density at radius 3 is 1.57 bits per heavy atom. The van der Waals surface area contributed by atoms with Crippen LogP contribution in [0.2, 0.25) is 0 Å². The highest BCUT2D eigenvalue weighted by atomic mass is 19.4. The summed E-state index contributed by atoms with van der Waals surface area (Å²) in [6, 6.07) is 20.4. The molecule has 3 aromatic heterocycles. The lowest BCUT2D eigenvalue weighted by Crippen LogP contribution is -2.19. The number of hydrogen-bond acceptors (Lipinski definition) is 10. The van der Waals surface area contributed by atoms with Gasteiger partial charge in [0.2, 0.25) is 0 Å². The van der Waals surface area contributed by atoms with E-state index < -0.39 is 16.7 Å². The first-order valence-electron chi connectivity index (χ1n) is 21.6. The maximum atomic E-state index is 12.6. The average molecular weight is 915 g/mol. The van der Waals surface area contributed by atoms with Crippen LogP contribution in [0, 0.1) is 71.9 Å². The number of nitrogens with zero attached hydrogens (tertiary/aromatic N) is 8. The van der Waals surface area contributed by atoms with Crippen LogP contribution in [0.15, 0.2) is 104 Å². The van der Waals surface area contributed by atoms with Gasteiger partial charge in [-0.05, 0) is 137 Å². The standard InChI is InChI=1S/C18H15F3N2O2.2C16H17N3O2/c1-11-9-16-15(12(2)17(11)23(24)25)7-8-22(16)10-13-3-5-14(6-4-13)18(19,20)21;1-11-9-15-14(12(2)16(11)19(20)21)5-8-18(15)10-13-3-6-17-7-4-13;1-11-8-15-14(12(2)16(11)19(20)21)5-7-18(15)10-13-4-3-6-17-9-13/h3-9H,10H2,1-2H3;3-4,6-7,9H,5,8,10H2,1-2H3;3-4,6,8-9H,5,7,10H2,1-2H3. The molecule has 9 rings (SSSR count). The first-order valence-corrected chi connectivity index (χ1v) is 21.6. The summed E-state index contributed by atoms with van der Waals surface area (Å²) in [7, 11) is 0. The molecule has 0 saturated heterocycles. The van der Waals surface area contributed by atoms with Gasteiger partial charge in [-0.3, -0.25) is 40.3 Å². The highest BCUT2D eigenvalue weighted by molar-refractivity contribution is 5.88. The number of nitro groups is 3. The van der Waals surface area contributed by atoms with Gasteiger partial charge in [0.05, 0.1) is 20.3 Å². The summed E-state index contributed by atoms with van der Waals surface area (Å²) in [5.41, 5.74) is 12.5. The molecule has 0 N–H and O–H groups in total. The molecular weight excluding hydrogens is 866 g/mol. The number of benzene rings is 4. The Hall–Kier alpha value is -7.69. The topological polar surface area (TPSA) is 167 Å². The van der Waals surface area contributed by atoms with Gasteiger partial charge in [0.1, 0.15) is 0 Å². The van der Waals surface area contributed by atoms with E-state index in [9.17, 15) is 43.5 Å². The molecule has 7 aromatic rings.